The largest absolute Gasteiger partial charge is 0.351 e. The maximum absolute atomic E-state index is 13.6. The van der Waals surface area contributed by atoms with Gasteiger partial charge in [0.25, 0.3) is 11.8 Å². The molecule has 0 unspecified atom stereocenters. The maximum Gasteiger partial charge on any atom is 0.277 e. The summed E-state index contributed by atoms with van der Waals surface area (Å²) < 4.78 is 40.9. The quantitative estimate of drug-likeness (QED) is 0.833. The molecule has 134 valence electrons. The van der Waals surface area contributed by atoms with Gasteiger partial charge in [0, 0.05) is 23.9 Å². The number of amides is 2. The van der Waals surface area contributed by atoms with Gasteiger partial charge in [0.2, 0.25) is 0 Å². The normalized spacial score (nSPS) is 14.0. The average molecular weight is 360 g/mol. The van der Waals surface area contributed by atoms with E-state index in [1.807, 2.05) is 0 Å². The van der Waals surface area contributed by atoms with Gasteiger partial charge in [-0.1, -0.05) is 18.2 Å². The molecule has 0 fully saturated rings. The van der Waals surface area contributed by atoms with Gasteiger partial charge in [0.15, 0.2) is 0 Å². The van der Waals surface area contributed by atoms with Gasteiger partial charge in [0.05, 0.1) is 0 Å². The van der Waals surface area contributed by atoms with Gasteiger partial charge in [0.1, 0.15) is 23.1 Å². The molecule has 0 bridgehead atoms. The van der Waals surface area contributed by atoms with Crippen LogP contribution in [0.2, 0.25) is 0 Å². The number of benzene rings is 2. The van der Waals surface area contributed by atoms with Crippen molar-refractivity contribution in [3.05, 3.63) is 76.7 Å². The van der Waals surface area contributed by atoms with Gasteiger partial charge >= 0.3 is 0 Å². The summed E-state index contributed by atoms with van der Waals surface area (Å²) >= 11 is 0. The van der Waals surface area contributed by atoms with Crippen molar-refractivity contribution in [1.82, 2.24) is 4.90 Å². The molecule has 3 rings (SSSR count). The summed E-state index contributed by atoms with van der Waals surface area (Å²) in [6, 6.07) is 8.17. The number of halogens is 3. The van der Waals surface area contributed by atoms with Crippen LogP contribution in [0.1, 0.15) is 11.1 Å². The number of imide groups is 1. The lowest BCUT2D eigenvalue weighted by molar-refractivity contribution is -0.137. The number of carbonyl (C=O) groups is 2. The second-order valence-electron chi connectivity index (χ2n) is 5.88. The van der Waals surface area contributed by atoms with E-state index in [9.17, 15) is 22.8 Å². The molecule has 0 aromatic heterocycles. The Morgan fingerprint density at radius 2 is 1.65 bits per heavy atom. The molecule has 2 aromatic rings. The lowest BCUT2D eigenvalue weighted by atomic mass is 10.1. The van der Waals surface area contributed by atoms with Gasteiger partial charge in [-0.3, -0.25) is 14.5 Å². The highest BCUT2D eigenvalue weighted by atomic mass is 19.1. The van der Waals surface area contributed by atoms with Gasteiger partial charge < -0.3 is 5.32 Å². The Morgan fingerprint density at radius 1 is 1.00 bits per heavy atom. The third-order valence-electron chi connectivity index (χ3n) is 4.13. The summed E-state index contributed by atoms with van der Waals surface area (Å²) in [5, 5.41) is 2.56. The van der Waals surface area contributed by atoms with Gasteiger partial charge in [-0.15, -0.1) is 0 Å². The first-order valence-electron chi connectivity index (χ1n) is 7.90. The van der Waals surface area contributed by atoms with E-state index in [0.29, 0.717) is 5.56 Å². The smallest absolute Gasteiger partial charge is 0.277 e. The van der Waals surface area contributed by atoms with Crippen molar-refractivity contribution in [3.8, 4) is 0 Å². The summed E-state index contributed by atoms with van der Waals surface area (Å²) in [4.78, 5) is 25.3. The SMILES string of the molecule is Cc1c(F)cc(NC2=CC(=O)N(CCc3ccccc3F)C2=O)cc1F. The zero-order valence-corrected chi connectivity index (χ0v) is 13.9. The Hall–Kier alpha value is -3.09. The van der Waals surface area contributed by atoms with Crippen LogP contribution in [0.4, 0.5) is 18.9 Å². The van der Waals surface area contributed by atoms with Crippen LogP contribution in [-0.4, -0.2) is 23.3 Å². The van der Waals surface area contributed by atoms with E-state index < -0.39 is 29.3 Å². The number of nitrogens with zero attached hydrogens (tertiary/aromatic N) is 1. The van der Waals surface area contributed by atoms with Crippen molar-refractivity contribution in [3.63, 3.8) is 0 Å². The monoisotopic (exact) mass is 360 g/mol. The molecule has 1 N–H and O–H groups in total. The Labute approximate surface area is 147 Å². The summed E-state index contributed by atoms with van der Waals surface area (Å²) in [7, 11) is 0. The molecule has 0 radical (unpaired) electrons. The summed E-state index contributed by atoms with van der Waals surface area (Å²) in [5.74, 6) is -3.14. The third kappa shape index (κ3) is 3.46. The van der Waals surface area contributed by atoms with Crippen molar-refractivity contribution < 1.29 is 22.8 Å². The Morgan fingerprint density at radius 3 is 2.31 bits per heavy atom. The van der Waals surface area contributed by atoms with Crippen molar-refractivity contribution in [2.24, 2.45) is 0 Å². The topological polar surface area (TPSA) is 49.4 Å². The maximum atomic E-state index is 13.6. The summed E-state index contributed by atoms with van der Waals surface area (Å²) in [6.45, 7) is 1.29. The summed E-state index contributed by atoms with van der Waals surface area (Å²) in [5.41, 5.74) is 0.183. The fraction of sp³-hybridized carbons (Fsp3) is 0.158. The molecule has 0 spiro atoms. The van der Waals surface area contributed by atoms with E-state index in [-0.39, 0.29) is 29.9 Å². The van der Waals surface area contributed by atoms with E-state index in [2.05, 4.69) is 5.32 Å². The molecule has 4 nitrogen and oxygen atoms in total. The lowest BCUT2D eigenvalue weighted by Crippen LogP contribution is -2.34. The fourth-order valence-corrected chi connectivity index (χ4v) is 2.62. The van der Waals surface area contributed by atoms with E-state index in [4.69, 9.17) is 0 Å². The molecule has 0 saturated heterocycles. The van der Waals surface area contributed by atoms with Gasteiger partial charge in [-0.25, -0.2) is 13.2 Å². The molecule has 26 heavy (non-hydrogen) atoms. The molecule has 1 aliphatic heterocycles. The predicted molar refractivity (Wildman–Crippen MR) is 89.6 cm³/mol. The zero-order chi connectivity index (χ0) is 18.8. The molecule has 2 aromatic carbocycles. The first-order valence-corrected chi connectivity index (χ1v) is 7.90. The number of nitrogens with one attached hydrogen (secondary N) is 1. The molecule has 0 saturated carbocycles. The van der Waals surface area contributed by atoms with E-state index in [1.165, 1.54) is 13.0 Å². The van der Waals surface area contributed by atoms with Gasteiger partial charge in [-0.2, -0.15) is 0 Å². The first kappa shape index (κ1) is 17.7. The molecular formula is C19H15F3N2O2. The van der Waals surface area contributed by atoms with Crippen LogP contribution in [0, 0.1) is 24.4 Å². The van der Waals surface area contributed by atoms with Crippen LogP contribution in [0.3, 0.4) is 0 Å². The standard InChI is InChI=1S/C19H15F3N2O2/c1-11-15(21)8-13(9-16(11)22)23-17-10-18(25)24(19(17)26)7-6-12-4-2-3-5-14(12)20/h2-5,8-10,23H,6-7H2,1H3. The second kappa shape index (κ2) is 7.03. The first-order chi connectivity index (χ1) is 12.4. The second-order valence-corrected chi connectivity index (χ2v) is 5.88. The number of hydrogen-bond donors (Lipinski definition) is 1. The minimum absolute atomic E-state index is 0.00308. The van der Waals surface area contributed by atoms with Crippen molar-refractivity contribution >= 4 is 17.5 Å². The highest BCUT2D eigenvalue weighted by Crippen LogP contribution is 2.22. The predicted octanol–water partition coefficient (Wildman–Crippen LogP) is 3.32. The highest BCUT2D eigenvalue weighted by Gasteiger charge is 2.31. The Kier molecular flexibility index (Phi) is 4.79. The van der Waals surface area contributed by atoms with E-state index >= 15 is 0 Å². The summed E-state index contributed by atoms with van der Waals surface area (Å²) in [6.07, 6.45) is 1.22. The van der Waals surface area contributed by atoms with E-state index in [1.54, 1.807) is 18.2 Å². The highest BCUT2D eigenvalue weighted by molar-refractivity contribution is 6.17. The Balaban J connectivity index is 1.70. The molecule has 7 heteroatoms. The van der Waals surface area contributed by atoms with Crippen LogP contribution in [0.25, 0.3) is 0 Å². The van der Waals surface area contributed by atoms with Crippen LogP contribution in [0.15, 0.2) is 48.2 Å². The molecular weight excluding hydrogens is 345 g/mol. The van der Waals surface area contributed by atoms with Crippen molar-refractivity contribution in [1.29, 1.82) is 0 Å². The third-order valence-corrected chi connectivity index (χ3v) is 4.13. The molecule has 1 heterocycles. The average Bonchev–Trinajstić information content (AvgIpc) is 2.85. The number of anilines is 1. The van der Waals surface area contributed by atoms with Crippen LogP contribution in [0.5, 0.6) is 0 Å². The van der Waals surface area contributed by atoms with Crippen LogP contribution >= 0.6 is 0 Å². The number of carbonyl (C=O) groups excluding carboxylic acids is 2. The lowest BCUT2D eigenvalue weighted by Gasteiger charge is -2.15. The van der Waals surface area contributed by atoms with E-state index in [0.717, 1.165) is 23.1 Å². The minimum atomic E-state index is -0.763. The Bertz CT molecular complexity index is 902. The molecule has 0 atom stereocenters. The molecule has 2 amide bonds. The van der Waals surface area contributed by atoms with Gasteiger partial charge in [-0.05, 0) is 37.1 Å². The minimum Gasteiger partial charge on any atom is -0.351 e. The zero-order valence-electron chi connectivity index (χ0n) is 13.9. The van der Waals surface area contributed by atoms with Crippen LogP contribution < -0.4 is 5.32 Å². The fourth-order valence-electron chi connectivity index (χ4n) is 2.62. The number of rotatable bonds is 5. The van der Waals surface area contributed by atoms with Crippen molar-refractivity contribution in [2.45, 2.75) is 13.3 Å². The molecule has 0 aliphatic carbocycles. The molecule has 1 aliphatic rings. The number of hydrogen-bond acceptors (Lipinski definition) is 3. The van der Waals surface area contributed by atoms with Crippen LogP contribution in [-0.2, 0) is 16.0 Å². The van der Waals surface area contributed by atoms with Crippen molar-refractivity contribution in [2.75, 3.05) is 11.9 Å².